The van der Waals surface area contributed by atoms with Crippen molar-refractivity contribution in [2.75, 3.05) is 13.4 Å². The summed E-state index contributed by atoms with van der Waals surface area (Å²) in [5, 5.41) is 3.41. The minimum Gasteiger partial charge on any atom is -0.490 e. The summed E-state index contributed by atoms with van der Waals surface area (Å²) in [5.74, 6) is 2.52. The molecule has 0 spiro atoms. The van der Waals surface area contributed by atoms with E-state index < -0.39 is 0 Å². The molecule has 0 saturated carbocycles. The first kappa shape index (κ1) is 26.4. The molecule has 2 aliphatic heterocycles. The number of nitrogens with one attached hydrogen (secondary N) is 1. The highest BCUT2D eigenvalue weighted by Crippen LogP contribution is 2.38. The van der Waals surface area contributed by atoms with Gasteiger partial charge in [0, 0.05) is 5.56 Å². The maximum Gasteiger partial charge on any atom is 0.264 e. The summed E-state index contributed by atoms with van der Waals surface area (Å²) in [6.07, 6.45) is 5.21. The third kappa shape index (κ3) is 6.29. The van der Waals surface area contributed by atoms with Crippen LogP contribution < -0.4 is 24.3 Å². The molecule has 0 radical (unpaired) electrons. The Bertz CT molecular complexity index is 1450. The highest BCUT2D eigenvalue weighted by molar-refractivity contribution is 8.18. The summed E-state index contributed by atoms with van der Waals surface area (Å²) in [6, 6.07) is 17.6. The third-order valence-corrected chi connectivity index (χ3v) is 7.07. The SMILES string of the molecule is C=CCc1cc(/C=C2\SC(=Nc3ccc(CC)cc3)NC2=O)cc(OCC)c1OCc1ccc2c(c1)OCO2. The standard InChI is InChI=1S/C31H30N2O5S/c1-4-7-23-14-22(17-28-30(34)33-31(39-28)32-24-11-8-20(5-2)9-12-24)16-27(35-6-3)29(23)36-18-21-10-13-25-26(15-21)38-19-37-25/h4,8-17H,1,5-7,18-19H2,2-3H3,(H,32,33,34)/b28-17-. The monoisotopic (exact) mass is 542 g/mol. The number of aliphatic imine (C=N–C) groups is 1. The van der Waals surface area contributed by atoms with E-state index in [-0.39, 0.29) is 12.7 Å². The molecule has 2 heterocycles. The Hall–Kier alpha value is -4.17. The number of carbonyl (C=O) groups excluding carboxylic acids is 1. The lowest BCUT2D eigenvalue weighted by atomic mass is 10.0. The zero-order chi connectivity index (χ0) is 27.2. The van der Waals surface area contributed by atoms with Gasteiger partial charge in [0.15, 0.2) is 28.2 Å². The first-order valence-electron chi connectivity index (χ1n) is 12.9. The molecular weight excluding hydrogens is 512 g/mol. The van der Waals surface area contributed by atoms with Crippen LogP contribution in [0.5, 0.6) is 23.0 Å². The minimum atomic E-state index is -0.185. The highest BCUT2D eigenvalue weighted by atomic mass is 32.2. The average molecular weight is 543 g/mol. The van der Waals surface area contributed by atoms with Gasteiger partial charge < -0.3 is 24.3 Å². The van der Waals surface area contributed by atoms with Crippen molar-refractivity contribution in [3.63, 3.8) is 0 Å². The van der Waals surface area contributed by atoms with Crippen molar-refractivity contribution in [1.29, 1.82) is 0 Å². The normalized spacial score (nSPS) is 16.0. The predicted molar refractivity (Wildman–Crippen MR) is 155 cm³/mol. The van der Waals surface area contributed by atoms with Crippen LogP contribution in [0.25, 0.3) is 6.08 Å². The Morgan fingerprint density at radius 1 is 1.03 bits per heavy atom. The number of rotatable bonds is 10. The largest absolute Gasteiger partial charge is 0.490 e. The van der Waals surface area contributed by atoms with E-state index in [1.807, 2.05) is 73.7 Å². The van der Waals surface area contributed by atoms with E-state index in [1.165, 1.54) is 17.3 Å². The molecule has 0 bridgehead atoms. The van der Waals surface area contributed by atoms with Gasteiger partial charge in [-0.05, 0) is 90.7 Å². The maximum atomic E-state index is 12.7. The molecule has 2 aliphatic rings. The molecule has 1 fully saturated rings. The molecule has 3 aromatic rings. The average Bonchev–Trinajstić information content (AvgIpc) is 3.54. The van der Waals surface area contributed by atoms with Crippen molar-refractivity contribution in [1.82, 2.24) is 5.32 Å². The van der Waals surface area contributed by atoms with Crippen LogP contribution in [0, 0.1) is 0 Å². The van der Waals surface area contributed by atoms with Gasteiger partial charge in [-0.2, -0.15) is 0 Å². The van der Waals surface area contributed by atoms with Gasteiger partial charge in [0.2, 0.25) is 6.79 Å². The van der Waals surface area contributed by atoms with Crippen LogP contribution in [0.3, 0.4) is 0 Å². The second-order valence-electron chi connectivity index (χ2n) is 8.91. The second-order valence-corrected chi connectivity index (χ2v) is 9.94. The molecule has 0 aliphatic carbocycles. The van der Waals surface area contributed by atoms with Crippen LogP contribution in [-0.4, -0.2) is 24.5 Å². The number of ether oxygens (including phenoxy) is 4. The van der Waals surface area contributed by atoms with E-state index in [0.29, 0.717) is 47.0 Å². The molecule has 39 heavy (non-hydrogen) atoms. The highest BCUT2D eigenvalue weighted by Gasteiger charge is 2.24. The zero-order valence-corrected chi connectivity index (χ0v) is 22.8. The molecule has 1 saturated heterocycles. The fraction of sp³-hybridized carbons (Fsp3) is 0.226. The summed E-state index contributed by atoms with van der Waals surface area (Å²) >= 11 is 1.31. The first-order chi connectivity index (χ1) is 19.1. The lowest BCUT2D eigenvalue weighted by Gasteiger charge is -2.17. The van der Waals surface area contributed by atoms with Crippen LogP contribution in [0.15, 0.2) is 77.1 Å². The van der Waals surface area contributed by atoms with Gasteiger partial charge in [0.1, 0.15) is 6.61 Å². The summed E-state index contributed by atoms with van der Waals surface area (Å²) in [6.45, 7) is 8.98. The fourth-order valence-corrected chi connectivity index (χ4v) is 5.08. The van der Waals surface area contributed by atoms with Gasteiger partial charge in [0.05, 0.1) is 17.2 Å². The first-order valence-corrected chi connectivity index (χ1v) is 13.7. The number of aryl methyl sites for hydroxylation is 1. The van der Waals surface area contributed by atoms with E-state index >= 15 is 0 Å². The lowest BCUT2D eigenvalue weighted by Crippen LogP contribution is -2.19. The molecule has 0 aromatic heterocycles. The topological polar surface area (TPSA) is 78.4 Å². The summed E-state index contributed by atoms with van der Waals surface area (Å²) < 4.78 is 23.1. The van der Waals surface area contributed by atoms with Gasteiger partial charge in [-0.15, -0.1) is 6.58 Å². The van der Waals surface area contributed by atoms with E-state index in [0.717, 1.165) is 34.5 Å². The van der Waals surface area contributed by atoms with Crippen LogP contribution >= 0.6 is 11.8 Å². The molecule has 5 rings (SSSR count). The van der Waals surface area contributed by atoms with Crippen molar-refractivity contribution in [2.24, 2.45) is 4.99 Å². The van der Waals surface area contributed by atoms with Gasteiger partial charge in [-0.3, -0.25) is 4.79 Å². The number of amidine groups is 1. The molecule has 3 aromatic carbocycles. The molecule has 200 valence electrons. The van der Waals surface area contributed by atoms with Crippen LogP contribution in [-0.2, 0) is 24.2 Å². The third-order valence-electron chi connectivity index (χ3n) is 6.16. The molecule has 7 nitrogen and oxygen atoms in total. The van der Waals surface area contributed by atoms with Crippen molar-refractivity contribution in [3.05, 3.63) is 94.4 Å². The number of allylic oxidation sites excluding steroid dienone is 1. The summed E-state index contributed by atoms with van der Waals surface area (Å²) in [4.78, 5) is 17.9. The smallest absolute Gasteiger partial charge is 0.264 e. The number of benzene rings is 3. The Balaban J connectivity index is 1.39. The Labute approximate surface area is 232 Å². The maximum absolute atomic E-state index is 12.7. The van der Waals surface area contributed by atoms with Crippen molar-refractivity contribution < 1.29 is 23.7 Å². The Morgan fingerprint density at radius 3 is 2.59 bits per heavy atom. The fourth-order valence-electron chi connectivity index (χ4n) is 4.24. The number of amides is 1. The quantitative estimate of drug-likeness (QED) is 0.230. The van der Waals surface area contributed by atoms with Crippen LogP contribution in [0.4, 0.5) is 5.69 Å². The molecule has 0 atom stereocenters. The second kappa shape index (κ2) is 12.1. The van der Waals surface area contributed by atoms with Crippen LogP contribution in [0.1, 0.15) is 36.1 Å². The zero-order valence-electron chi connectivity index (χ0n) is 22.0. The lowest BCUT2D eigenvalue weighted by molar-refractivity contribution is -0.115. The van der Waals surface area contributed by atoms with Crippen molar-refractivity contribution in [3.8, 4) is 23.0 Å². The number of hydrogen-bond donors (Lipinski definition) is 1. The van der Waals surface area contributed by atoms with E-state index in [2.05, 4.69) is 23.8 Å². The van der Waals surface area contributed by atoms with Gasteiger partial charge in [-0.25, -0.2) is 4.99 Å². The van der Waals surface area contributed by atoms with Gasteiger partial charge >= 0.3 is 0 Å². The number of thioether (sulfide) groups is 1. The van der Waals surface area contributed by atoms with Crippen molar-refractivity contribution in [2.45, 2.75) is 33.3 Å². The van der Waals surface area contributed by atoms with Gasteiger partial charge in [-0.1, -0.05) is 31.2 Å². The minimum absolute atomic E-state index is 0.185. The number of nitrogens with zero attached hydrogens (tertiary/aromatic N) is 1. The van der Waals surface area contributed by atoms with E-state index in [1.54, 1.807) is 0 Å². The van der Waals surface area contributed by atoms with Gasteiger partial charge in [0.25, 0.3) is 5.91 Å². The Kier molecular flexibility index (Phi) is 8.22. The number of hydrogen-bond acceptors (Lipinski definition) is 7. The molecular formula is C31H30N2O5S. The predicted octanol–water partition coefficient (Wildman–Crippen LogP) is 6.58. The molecule has 1 amide bonds. The molecule has 8 heteroatoms. The number of fused-ring (bicyclic) bond motifs is 1. The van der Waals surface area contributed by atoms with Crippen molar-refractivity contribution >= 4 is 34.6 Å². The number of carbonyl (C=O) groups is 1. The Morgan fingerprint density at radius 2 is 1.82 bits per heavy atom. The molecule has 1 N–H and O–H groups in total. The van der Waals surface area contributed by atoms with E-state index in [4.69, 9.17) is 18.9 Å². The summed E-state index contributed by atoms with van der Waals surface area (Å²) in [7, 11) is 0. The van der Waals surface area contributed by atoms with Crippen LogP contribution in [0.2, 0.25) is 0 Å². The van der Waals surface area contributed by atoms with E-state index in [9.17, 15) is 4.79 Å². The molecule has 0 unspecified atom stereocenters. The summed E-state index contributed by atoms with van der Waals surface area (Å²) in [5.41, 5.74) is 4.74.